The van der Waals surface area contributed by atoms with Gasteiger partial charge in [-0.25, -0.2) is 0 Å². The predicted molar refractivity (Wildman–Crippen MR) is 114 cm³/mol. The van der Waals surface area contributed by atoms with Crippen LogP contribution in [0, 0.1) is 5.92 Å². The molecule has 1 N–H and O–H groups in total. The van der Waals surface area contributed by atoms with E-state index < -0.39 is 0 Å². The van der Waals surface area contributed by atoms with Gasteiger partial charge in [0.1, 0.15) is 0 Å². The maximum absolute atomic E-state index is 13.0. The predicted octanol–water partition coefficient (Wildman–Crippen LogP) is 3.23. The monoisotopic (exact) mass is 395 g/mol. The quantitative estimate of drug-likeness (QED) is 0.763. The summed E-state index contributed by atoms with van der Waals surface area (Å²) >= 11 is 0. The van der Waals surface area contributed by atoms with E-state index in [0.29, 0.717) is 18.0 Å². The van der Waals surface area contributed by atoms with Crippen molar-refractivity contribution in [2.75, 3.05) is 26.7 Å². The summed E-state index contributed by atoms with van der Waals surface area (Å²) in [7, 11) is 1.86. The van der Waals surface area contributed by atoms with Gasteiger partial charge in [0, 0.05) is 31.7 Å². The topological polar surface area (TPSA) is 65.1 Å². The van der Waals surface area contributed by atoms with Gasteiger partial charge in [0.05, 0.1) is 17.8 Å². The molecule has 0 spiro atoms. The van der Waals surface area contributed by atoms with Crippen LogP contribution >= 0.6 is 0 Å². The van der Waals surface area contributed by atoms with Gasteiger partial charge in [-0.05, 0) is 74.7 Å². The molecule has 4 rings (SSSR count). The molecule has 156 valence electrons. The van der Waals surface area contributed by atoms with Crippen molar-refractivity contribution in [3.8, 4) is 0 Å². The maximum Gasteiger partial charge on any atom is 0.255 e. The van der Waals surface area contributed by atoms with Crippen LogP contribution in [0.1, 0.15) is 65.5 Å². The van der Waals surface area contributed by atoms with Crippen LogP contribution in [0.25, 0.3) is 0 Å². The number of nitrogens with one attached hydrogen (secondary N) is 1. The van der Waals surface area contributed by atoms with Crippen molar-refractivity contribution >= 4 is 5.91 Å². The van der Waals surface area contributed by atoms with E-state index in [1.165, 1.54) is 49.0 Å². The first kappa shape index (κ1) is 20.1. The van der Waals surface area contributed by atoms with E-state index >= 15 is 0 Å². The van der Waals surface area contributed by atoms with E-state index in [2.05, 4.69) is 27.0 Å². The van der Waals surface area contributed by atoms with E-state index in [4.69, 9.17) is 0 Å². The summed E-state index contributed by atoms with van der Waals surface area (Å²) in [5.41, 5.74) is 5.46. The number of hydrogen-bond acceptors (Lipinski definition) is 4. The number of carbonyl (C=O) groups is 1. The number of fused-ring (bicyclic) bond motifs is 1. The molecule has 0 bridgehead atoms. The molecule has 0 radical (unpaired) electrons. The van der Waals surface area contributed by atoms with Crippen molar-refractivity contribution in [3.05, 3.63) is 46.5 Å². The highest BCUT2D eigenvalue weighted by atomic mass is 16.2. The van der Waals surface area contributed by atoms with Crippen molar-refractivity contribution in [3.63, 3.8) is 0 Å². The lowest BCUT2D eigenvalue weighted by Crippen LogP contribution is -2.27. The molecule has 2 aromatic heterocycles. The molecule has 2 aliphatic rings. The lowest BCUT2D eigenvalue weighted by atomic mass is 9.99. The SMILES string of the molecule is CCN1CCC(Cc2cncc(C(=O)N(C)Cc3n[nH]c4c3CCCCC4)c2)C1. The number of H-pyrrole nitrogens is 1. The number of amides is 1. The van der Waals surface area contributed by atoms with Crippen LogP contribution < -0.4 is 0 Å². The van der Waals surface area contributed by atoms with Gasteiger partial charge in [-0.3, -0.25) is 14.9 Å². The van der Waals surface area contributed by atoms with Crippen LogP contribution in [0.2, 0.25) is 0 Å². The summed E-state index contributed by atoms with van der Waals surface area (Å²) in [4.78, 5) is 21.7. The van der Waals surface area contributed by atoms with Gasteiger partial charge in [-0.2, -0.15) is 5.10 Å². The third kappa shape index (κ3) is 4.69. The van der Waals surface area contributed by atoms with Crippen LogP contribution in [0.3, 0.4) is 0 Å². The number of carbonyl (C=O) groups excluding carboxylic acids is 1. The number of aryl methyl sites for hydroxylation is 1. The molecule has 0 saturated carbocycles. The molecule has 1 unspecified atom stereocenters. The van der Waals surface area contributed by atoms with E-state index in [1.54, 1.807) is 11.1 Å². The van der Waals surface area contributed by atoms with Gasteiger partial charge >= 0.3 is 0 Å². The van der Waals surface area contributed by atoms with Gasteiger partial charge in [0.2, 0.25) is 0 Å². The molecule has 1 aliphatic heterocycles. The Morgan fingerprint density at radius 2 is 2.14 bits per heavy atom. The zero-order valence-corrected chi connectivity index (χ0v) is 17.8. The molecular weight excluding hydrogens is 362 g/mol. The lowest BCUT2D eigenvalue weighted by molar-refractivity contribution is 0.0782. The molecule has 1 saturated heterocycles. The highest BCUT2D eigenvalue weighted by Crippen LogP contribution is 2.23. The Morgan fingerprint density at radius 1 is 1.28 bits per heavy atom. The smallest absolute Gasteiger partial charge is 0.255 e. The Kier molecular flexibility index (Phi) is 6.28. The van der Waals surface area contributed by atoms with Crippen LogP contribution in [0.15, 0.2) is 18.5 Å². The van der Waals surface area contributed by atoms with Crippen LogP contribution in [0.4, 0.5) is 0 Å². The summed E-state index contributed by atoms with van der Waals surface area (Å²) in [6.45, 7) is 6.22. The van der Waals surface area contributed by atoms with E-state index in [1.807, 2.05) is 19.3 Å². The molecule has 2 aromatic rings. The number of aromatic amines is 1. The molecule has 1 aliphatic carbocycles. The Bertz CT molecular complexity index is 846. The number of nitrogens with zero attached hydrogens (tertiary/aromatic N) is 4. The summed E-state index contributed by atoms with van der Waals surface area (Å²) in [6.07, 6.45) is 11.7. The summed E-state index contributed by atoms with van der Waals surface area (Å²) in [5.74, 6) is 0.686. The average molecular weight is 396 g/mol. The van der Waals surface area contributed by atoms with Gasteiger partial charge in [-0.15, -0.1) is 0 Å². The first-order chi connectivity index (χ1) is 14.1. The first-order valence-corrected chi connectivity index (χ1v) is 11.1. The molecule has 6 heteroatoms. The lowest BCUT2D eigenvalue weighted by Gasteiger charge is -2.18. The fraction of sp³-hybridized carbons (Fsp3) is 0.609. The molecule has 3 heterocycles. The number of likely N-dealkylation sites (tertiary alicyclic amines) is 1. The molecule has 0 aromatic carbocycles. The molecule has 29 heavy (non-hydrogen) atoms. The minimum Gasteiger partial charge on any atom is -0.336 e. The van der Waals surface area contributed by atoms with E-state index in [-0.39, 0.29) is 5.91 Å². The van der Waals surface area contributed by atoms with E-state index in [0.717, 1.165) is 38.0 Å². The second kappa shape index (κ2) is 9.08. The van der Waals surface area contributed by atoms with Gasteiger partial charge in [0.25, 0.3) is 5.91 Å². The first-order valence-electron chi connectivity index (χ1n) is 11.1. The van der Waals surface area contributed by atoms with Crippen molar-refractivity contribution in [1.29, 1.82) is 0 Å². The van der Waals surface area contributed by atoms with Crippen molar-refractivity contribution in [2.45, 2.75) is 58.4 Å². The van der Waals surface area contributed by atoms with Gasteiger partial charge in [0.15, 0.2) is 0 Å². The van der Waals surface area contributed by atoms with Crippen LogP contribution in [-0.2, 0) is 25.8 Å². The zero-order valence-electron chi connectivity index (χ0n) is 17.8. The number of aromatic nitrogens is 3. The highest BCUT2D eigenvalue weighted by molar-refractivity contribution is 5.93. The van der Waals surface area contributed by atoms with Crippen LogP contribution in [0.5, 0.6) is 0 Å². The standard InChI is InChI=1S/C23H33N5O/c1-3-28-10-9-17(15-28)11-18-12-19(14-24-13-18)23(29)27(2)16-22-20-7-5-4-6-8-21(20)25-26-22/h12-14,17H,3-11,15-16H2,1-2H3,(H,25,26). The van der Waals surface area contributed by atoms with Gasteiger partial charge < -0.3 is 9.80 Å². The molecule has 6 nitrogen and oxygen atoms in total. The van der Waals surface area contributed by atoms with Gasteiger partial charge in [-0.1, -0.05) is 13.3 Å². The second-order valence-electron chi connectivity index (χ2n) is 8.68. The fourth-order valence-corrected chi connectivity index (χ4v) is 4.79. The third-order valence-electron chi connectivity index (χ3n) is 6.51. The number of rotatable bonds is 6. The zero-order chi connectivity index (χ0) is 20.2. The summed E-state index contributed by atoms with van der Waals surface area (Å²) < 4.78 is 0. The second-order valence-corrected chi connectivity index (χ2v) is 8.68. The molecule has 1 fully saturated rings. The Balaban J connectivity index is 1.41. The minimum atomic E-state index is 0.0197. The highest BCUT2D eigenvalue weighted by Gasteiger charge is 2.23. The summed E-state index contributed by atoms with van der Waals surface area (Å²) in [5, 5.41) is 7.72. The Morgan fingerprint density at radius 3 is 2.97 bits per heavy atom. The fourth-order valence-electron chi connectivity index (χ4n) is 4.79. The van der Waals surface area contributed by atoms with Crippen molar-refractivity contribution in [2.24, 2.45) is 5.92 Å². The number of pyridine rings is 1. The van der Waals surface area contributed by atoms with Crippen LogP contribution in [-0.4, -0.2) is 57.6 Å². The molecule has 1 atom stereocenters. The largest absolute Gasteiger partial charge is 0.336 e. The van der Waals surface area contributed by atoms with E-state index in [9.17, 15) is 4.79 Å². The molecule has 1 amide bonds. The minimum absolute atomic E-state index is 0.0197. The molecular formula is C23H33N5O. The number of hydrogen-bond donors (Lipinski definition) is 1. The van der Waals surface area contributed by atoms with Crippen molar-refractivity contribution in [1.82, 2.24) is 25.0 Å². The van der Waals surface area contributed by atoms with Crippen molar-refractivity contribution < 1.29 is 4.79 Å². The average Bonchev–Trinajstić information content (AvgIpc) is 3.27. The maximum atomic E-state index is 13.0. The third-order valence-corrected chi connectivity index (χ3v) is 6.51. The Labute approximate surface area is 173 Å². The Hall–Kier alpha value is -2.21. The summed E-state index contributed by atoms with van der Waals surface area (Å²) in [6, 6.07) is 2.03. The normalized spacial score (nSPS) is 19.7.